The summed E-state index contributed by atoms with van der Waals surface area (Å²) in [6.45, 7) is 2.11. The molecule has 0 aliphatic carbocycles. The van der Waals surface area contributed by atoms with Gasteiger partial charge in [0.25, 0.3) is 0 Å². The molecule has 0 amide bonds. The average Bonchev–Trinajstić information content (AvgIpc) is 2.17. The van der Waals surface area contributed by atoms with Gasteiger partial charge >= 0.3 is 5.97 Å². The molecule has 1 rings (SSSR count). The van der Waals surface area contributed by atoms with Crippen molar-refractivity contribution in [3.8, 4) is 0 Å². The summed E-state index contributed by atoms with van der Waals surface area (Å²) in [5.74, 6) is -0.386. The molecule has 0 saturated carbocycles. The minimum atomic E-state index is -0.386. The molecule has 0 radical (unpaired) electrons. The average molecular weight is 245 g/mol. The van der Waals surface area contributed by atoms with E-state index in [2.05, 4.69) is 0 Å². The summed E-state index contributed by atoms with van der Waals surface area (Å²) in [4.78, 5) is 11.0. The molecule has 0 bridgehead atoms. The number of carbonyl (C=O) groups is 1. The van der Waals surface area contributed by atoms with Gasteiger partial charge in [-0.3, -0.25) is 0 Å². The topological polar surface area (TPSA) is 26.3 Å². The highest BCUT2D eigenvalue weighted by Crippen LogP contribution is 2.21. The van der Waals surface area contributed by atoms with Crippen LogP contribution in [-0.4, -0.2) is 12.6 Å². The fraction of sp³-hybridized carbons (Fsp3) is 0.182. The maximum Gasteiger partial charge on any atom is 0.330 e. The van der Waals surface area contributed by atoms with Crippen molar-refractivity contribution in [3.05, 3.63) is 39.9 Å². The number of hydrogen-bond acceptors (Lipinski definition) is 2. The lowest BCUT2D eigenvalue weighted by atomic mass is 10.2. The predicted octanol–water partition coefficient (Wildman–Crippen LogP) is 3.57. The zero-order valence-electron chi connectivity index (χ0n) is 8.17. The Morgan fingerprint density at radius 1 is 1.47 bits per heavy atom. The molecule has 2 nitrogen and oxygen atoms in total. The first-order valence-electron chi connectivity index (χ1n) is 4.43. The lowest BCUT2D eigenvalue weighted by Gasteiger charge is -1.98. The lowest BCUT2D eigenvalue weighted by molar-refractivity contribution is -0.137. The zero-order chi connectivity index (χ0) is 11.3. The third-order valence-electron chi connectivity index (χ3n) is 1.65. The van der Waals surface area contributed by atoms with Crippen molar-refractivity contribution < 1.29 is 9.53 Å². The smallest absolute Gasteiger partial charge is 0.330 e. The van der Waals surface area contributed by atoms with Gasteiger partial charge in [0.15, 0.2) is 0 Å². The third-order valence-corrected chi connectivity index (χ3v) is 2.21. The van der Waals surface area contributed by atoms with E-state index in [9.17, 15) is 4.79 Å². The number of ether oxygens (including phenoxy) is 1. The normalized spacial score (nSPS) is 10.6. The van der Waals surface area contributed by atoms with E-state index in [1.165, 1.54) is 6.08 Å². The molecule has 0 aliphatic rings. The fourth-order valence-electron chi connectivity index (χ4n) is 0.985. The molecular formula is C11H10Cl2O2. The maximum absolute atomic E-state index is 11.0. The monoisotopic (exact) mass is 244 g/mol. The van der Waals surface area contributed by atoms with Crippen LogP contribution in [0.4, 0.5) is 0 Å². The molecule has 1 aromatic rings. The Morgan fingerprint density at radius 2 is 2.20 bits per heavy atom. The first-order valence-corrected chi connectivity index (χ1v) is 5.19. The summed E-state index contributed by atoms with van der Waals surface area (Å²) in [7, 11) is 0. The van der Waals surface area contributed by atoms with Crippen molar-refractivity contribution in [1.82, 2.24) is 0 Å². The van der Waals surface area contributed by atoms with Gasteiger partial charge in [-0.25, -0.2) is 4.79 Å². The van der Waals surface area contributed by atoms with E-state index in [0.717, 1.165) is 5.56 Å². The molecule has 4 heteroatoms. The molecule has 0 saturated heterocycles. The first-order chi connectivity index (χ1) is 7.13. The van der Waals surface area contributed by atoms with Crippen LogP contribution >= 0.6 is 23.2 Å². The Labute approximate surface area is 98.4 Å². The molecule has 80 valence electrons. The highest BCUT2D eigenvalue weighted by atomic mass is 35.5. The second-order valence-corrected chi connectivity index (χ2v) is 3.59. The van der Waals surface area contributed by atoms with Crippen LogP contribution in [0, 0.1) is 0 Å². The Kier molecular flexibility index (Phi) is 4.66. The number of hydrogen-bond donors (Lipinski definition) is 0. The van der Waals surface area contributed by atoms with Crippen LogP contribution in [0.3, 0.4) is 0 Å². The van der Waals surface area contributed by atoms with Gasteiger partial charge in [-0.15, -0.1) is 0 Å². The van der Waals surface area contributed by atoms with Crippen molar-refractivity contribution in [2.24, 2.45) is 0 Å². The van der Waals surface area contributed by atoms with E-state index in [4.69, 9.17) is 27.9 Å². The summed E-state index contributed by atoms with van der Waals surface area (Å²) >= 11 is 11.6. The second-order valence-electron chi connectivity index (χ2n) is 2.75. The molecule has 0 spiro atoms. The molecule has 1 aromatic carbocycles. The molecule has 0 aliphatic heterocycles. The van der Waals surface area contributed by atoms with E-state index < -0.39 is 0 Å². The summed E-state index contributed by atoms with van der Waals surface area (Å²) in [5.41, 5.74) is 0.731. The Balaban J connectivity index is 2.76. The molecular weight excluding hydrogens is 235 g/mol. The predicted molar refractivity (Wildman–Crippen MR) is 62.1 cm³/mol. The van der Waals surface area contributed by atoms with Crippen LogP contribution in [0.2, 0.25) is 10.0 Å². The van der Waals surface area contributed by atoms with Crippen molar-refractivity contribution in [2.45, 2.75) is 6.92 Å². The Morgan fingerprint density at radius 3 is 2.80 bits per heavy atom. The molecule has 0 heterocycles. The van der Waals surface area contributed by atoms with Gasteiger partial charge in [0.1, 0.15) is 0 Å². The summed E-state index contributed by atoms with van der Waals surface area (Å²) < 4.78 is 4.73. The summed E-state index contributed by atoms with van der Waals surface area (Å²) in [5, 5.41) is 1.07. The van der Waals surface area contributed by atoms with E-state index in [0.29, 0.717) is 16.7 Å². The number of benzene rings is 1. The van der Waals surface area contributed by atoms with Crippen molar-refractivity contribution in [3.63, 3.8) is 0 Å². The molecule has 0 fully saturated rings. The van der Waals surface area contributed by atoms with Gasteiger partial charge in [0.05, 0.1) is 6.61 Å². The van der Waals surface area contributed by atoms with E-state index in [1.807, 2.05) is 0 Å². The Hall–Kier alpha value is -0.990. The Bertz CT molecular complexity index is 386. The van der Waals surface area contributed by atoms with Crippen LogP contribution < -0.4 is 0 Å². The van der Waals surface area contributed by atoms with Crippen molar-refractivity contribution >= 4 is 35.2 Å². The van der Waals surface area contributed by atoms with Crippen LogP contribution in [0.15, 0.2) is 24.3 Å². The minimum Gasteiger partial charge on any atom is -0.463 e. The maximum atomic E-state index is 11.0. The quantitative estimate of drug-likeness (QED) is 0.601. The molecule has 0 aromatic heterocycles. The highest BCUT2D eigenvalue weighted by Gasteiger charge is 1.99. The largest absolute Gasteiger partial charge is 0.463 e. The first kappa shape index (κ1) is 12.1. The number of rotatable bonds is 3. The number of carbonyl (C=O) groups excluding carboxylic acids is 1. The fourth-order valence-corrected chi connectivity index (χ4v) is 1.46. The third kappa shape index (κ3) is 3.94. The van der Waals surface area contributed by atoms with Crippen molar-refractivity contribution in [1.29, 1.82) is 0 Å². The van der Waals surface area contributed by atoms with Crippen LogP contribution in [0.25, 0.3) is 6.08 Å². The lowest BCUT2D eigenvalue weighted by Crippen LogP contribution is -1.98. The van der Waals surface area contributed by atoms with Gasteiger partial charge in [-0.1, -0.05) is 29.3 Å². The van der Waals surface area contributed by atoms with Crippen LogP contribution in [0.5, 0.6) is 0 Å². The van der Waals surface area contributed by atoms with Gasteiger partial charge in [0, 0.05) is 16.1 Å². The van der Waals surface area contributed by atoms with Gasteiger partial charge in [0.2, 0.25) is 0 Å². The van der Waals surface area contributed by atoms with E-state index >= 15 is 0 Å². The highest BCUT2D eigenvalue weighted by molar-refractivity contribution is 6.35. The van der Waals surface area contributed by atoms with Crippen LogP contribution in [-0.2, 0) is 9.53 Å². The summed E-state index contributed by atoms with van der Waals surface area (Å²) in [6, 6.07) is 5.06. The second kappa shape index (κ2) is 5.79. The number of esters is 1. The van der Waals surface area contributed by atoms with Crippen molar-refractivity contribution in [2.75, 3.05) is 6.61 Å². The van der Waals surface area contributed by atoms with E-state index in [-0.39, 0.29) is 5.97 Å². The number of halogens is 2. The van der Waals surface area contributed by atoms with Gasteiger partial charge in [-0.2, -0.15) is 0 Å². The molecule has 15 heavy (non-hydrogen) atoms. The van der Waals surface area contributed by atoms with Gasteiger partial charge in [-0.05, 0) is 30.7 Å². The molecule has 0 unspecified atom stereocenters. The SMILES string of the molecule is CCOC(=O)/C=C\c1ccc(Cl)cc1Cl. The van der Waals surface area contributed by atoms with Crippen LogP contribution in [0.1, 0.15) is 12.5 Å². The van der Waals surface area contributed by atoms with E-state index in [1.54, 1.807) is 31.2 Å². The molecule has 0 atom stereocenters. The molecule has 0 N–H and O–H groups in total. The minimum absolute atomic E-state index is 0.359. The van der Waals surface area contributed by atoms with Gasteiger partial charge < -0.3 is 4.74 Å². The standard InChI is InChI=1S/C11H10Cl2O2/c1-2-15-11(14)6-4-8-3-5-9(12)7-10(8)13/h3-7H,2H2,1H3/b6-4-. The zero-order valence-corrected chi connectivity index (χ0v) is 9.68. The summed E-state index contributed by atoms with van der Waals surface area (Å²) in [6.07, 6.45) is 2.93.